The molecule has 2 aromatic rings. The molecule has 10 heteroatoms. The zero-order chi connectivity index (χ0) is 31.2. The zero-order valence-electron chi connectivity index (χ0n) is 25.6. The van der Waals surface area contributed by atoms with Crippen LogP contribution in [-0.2, 0) is 20.8 Å². The van der Waals surface area contributed by atoms with E-state index in [-0.39, 0.29) is 30.1 Å². The van der Waals surface area contributed by atoms with Gasteiger partial charge in [-0.15, -0.1) is 0 Å². The third-order valence-corrected chi connectivity index (χ3v) is 7.95. The molecule has 0 radical (unpaired) electrons. The van der Waals surface area contributed by atoms with Gasteiger partial charge in [0.05, 0.1) is 18.7 Å². The fourth-order valence-electron chi connectivity index (χ4n) is 5.60. The van der Waals surface area contributed by atoms with Gasteiger partial charge in [0.1, 0.15) is 24.2 Å². The fraction of sp³-hybridized carbons (Fsp3) is 0.545. The third kappa shape index (κ3) is 10.9. The summed E-state index contributed by atoms with van der Waals surface area (Å²) in [6.45, 7) is 4.54. The highest BCUT2D eigenvalue weighted by Gasteiger charge is 2.37. The Hall–Kier alpha value is -3.50. The molecule has 1 fully saturated rings. The quantitative estimate of drug-likeness (QED) is 0.422. The summed E-state index contributed by atoms with van der Waals surface area (Å²) in [7, 11) is 1.54. The molecular weight excluding hydrogens is 551 g/mol. The van der Waals surface area contributed by atoms with Gasteiger partial charge in [0.15, 0.2) is 0 Å². The molecule has 236 valence electrons. The van der Waals surface area contributed by atoms with E-state index in [1.54, 1.807) is 19.2 Å². The number of likely N-dealkylation sites (N-methyl/N-ethyl adjacent to an activating group) is 1. The molecule has 2 aliphatic rings. The first-order valence-electron chi connectivity index (χ1n) is 15.3. The number of benzene rings is 2. The minimum absolute atomic E-state index is 0.153. The number of carbonyl (C=O) groups excluding carboxylic acids is 3. The van der Waals surface area contributed by atoms with Crippen LogP contribution in [0.5, 0.6) is 5.75 Å². The van der Waals surface area contributed by atoms with Crippen molar-refractivity contribution in [3.05, 3.63) is 65.5 Å². The molecule has 0 saturated heterocycles. The van der Waals surface area contributed by atoms with Crippen molar-refractivity contribution in [3.8, 4) is 5.75 Å². The van der Waals surface area contributed by atoms with E-state index in [1.165, 1.54) is 24.0 Å². The summed E-state index contributed by atoms with van der Waals surface area (Å²) >= 11 is 0. The topological polar surface area (TPSA) is 120 Å². The number of nitrogens with zero attached hydrogens (tertiary/aromatic N) is 1. The Morgan fingerprint density at radius 1 is 0.953 bits per heavy atom. The van der Waals surface area contributed by atoms with Gasteiger partial charge in [-0.1, -0.05) is 55.2 Å². The number of nitrogens with one attached hydrogen (secondary N) is 3. The summed E-state index contributed by atoms with van der Waals surface area (Å²) in [5, 5.41) is 19.1. The summed E-state index contributed by atoms with van der Waals surface area (Å²) in [6.07, 6.45) is 5.56. The highest BCUT2D eigenvalue weighted by atomic mass is 19.1. The van der Waals surface area contributed by atoms with E-state index in [1.807, 2.05) is 31.2 Å². The van der Waals surface area contributed by atoms with E-state index < -0.39 is 24.1 Å². The molecule has 0 aromatic heterocycles. The average Bonchev–Trinajstić information content (AvgIpc) is 3.00. The Morgan fingerprint density at radius 2 is 1.65 bits per heavy atom. The molecule has 3 amide bonds. The Labute approximate surface area is 254 Å². The number of aliphatic hydroxyl groups excluding tert-OH is 1. The number of halogens is 1. The molecule has 1 heterocycles. The lowest BCUT2D eigenvalue weighted by atomic mass is 9.83. The highest BCUT2D eigenvalue weighted by Crippen LogP contribution is 2.28. The van der Waals surface area contributed by atoms with Crippen molar-refractivity contribution in [2.24, 2.45) is 5.92 Å². The van der Waals surface area contributed by atoms with Gasteiger partial charge in [0, 0.05) is 20.1 Å². The molecule has 0 spiro atoms. The van der Waals surface area contributed by atoms with Crippen molar-refractivity contribution >= 4 is 17.7 Å². The van der Waals surface area contributed by atoms with Crippen LogP contribution in [0.15, 0.2) is 48.5 Å². The Bertz CT molecular complexity index is 1150. The van der Waals surface area contributed by atoms with Gasteiger partial charge >= 0.3 is 0 Å². The lowest BCUT2D eigenvalue weighted by molar-refractivity contribution is -0.145. The summed E-state index contributed by atoms with van der Waals surface area (Å²) in [6, 6.07) is 12.7. The lowest BCUT2D eigenvalue weighted by Crippen LogP contribution is -2.59. The van der Waals surface area contributed by atoms with E-state index >= 15 is 0 Å². The maximum absolute atomic E-state index is 13.6. The summed E-state index contributed by atoms with van der Waals surface area (Å²) in [4.78, 5) is 40.1. The predicted molar refractivity (Wildman–Crippen MR) is 164 cm³/mol. The molecule has 1 aliphatic heterocycles. The maximum atomic E-state index is 13.6. The number of amides is 3. The number of para-hydroxylation sites is 1. The molecule has 4 rings (SSSR count). The molecule has 2 aromatic carbocycles. The van der Waals surface area contributed by atoms with Crippen LogP contribution < -0.4 is 20.7 Å². The van der Waals surface area contributed by atoms with Crippen molar-refractivity contribution in [2.45, 2.75) is 77.0 Å². The van der Waals surface area contributed by atoms with Crippen LogP contribution in [0, 0.1) is 18.7 Å². The average molecular weight is 599 g/mol. The lowest BCUT2D eigenvalue weighted by Gasteiger charge is -2.36. The van der Waals surface area contributed by atoms with Crippen molar-refractivity contribution in [1.82, 2.24) is 20.9 Å². The minimum atomic E-state index is -1.09. The van der Waals surface area contributed by atoms with Crippen molar-refractivity contribution in [1.29, 1.82) is 0 Å². The van der Waals surface area contributed by atoms with Crippen molar-refractivity contribution < 1.29 is 28.6 Å². The molecule has 1 aliphatic carbocycles. The first kappa shape index (κ1) is 34.0. The standard InChI is InChI=1S/C26H40N4O5.C7H7F/c1-18(31)24-25(33)29-17-22(32)27-14-8-12-19-9-6-7-13-21(19)35-16-15-28-23(26(34)30(24)2)20-10-4-3-5-11-20;1-6-2-4-7(8)5-3-6/h6-7,9,13,18,20,23-24,28,31H,3-5,8,10-12,14-17H2,1-2H3,(H,27,32)(H,29,33);2-5H,1H3. The number of hydrogen-bond donors (Lipinski definition) is 4. The Kier molecular flexibility index (Phi) is 13.9. The molecule has 3 atom stereocenters. The summed E-state index contributed by atoms with van der Waals surface area (Å²) in [5.41, 5.74) is 2.15. The summed E-state index contributed by atoms with van der Waals surface area (Å²) in [5.74, 6) is -0.309. The second kappa shape index (κ2) is 17.6. The van der Waals surface area contributed by atoms with Gasteiger partial charge in [-0.05, 0) is 69.2 Å². The van der Waals surface area contributed by atoms with Crippen molar-refractivity contribution in [2.75, 3.05) is 33.3 Å². The van der Waals surface area contributed by atoms with E-state index in [9.17, 15) is 23.9 Å². The highest BCUT2D eigenvalue weighted by molar-refractivity contribution is 5.92. The van der Waals surface area contributed by atoms with Crippen molar-refractivity contribution in [3.63, 3.8) is 0 Å². The zero-order valence-corrected chi connectivity index (χ0v) is 25.6. The first-order valence-corrected chi connectivity index (χ1v) is 15.3. The maximum Gasteiger partial charge on any atom is 0.245 e. The fourth-order valence-corrected chi connectivity index (χ4v) is 5.60. The normalized spacial score (nSPS) is 22.3. The Morgan fingerprint density at radius 3 is 2.33 bits per heavy atom. The van der Waals surface area contributed by atoms with E-state index in [0.29, 0.717) is 19.7 Å². The molecule has 4 N–H and O–H groups in total. The second-order valence-electron chi connectivity index (χ2n) is 11.4. The van der Waals surface area contributed by atoms with Crippen LogP contribution in [-0.4, -0.2) is 79.2 Å². The molecule has 0 bridgehead atoms. The number of carbonyl (C=O) groups is 3. The van der Waals surface area contributed by atoms with Gasteiger partial charge in [0.25, 0.3) is 0 Å². The van der Waals surface area contributed by atoms with E-state index in [4.69, 9.17) is 4.74 Å². The monoisotopic (exact) mass is 598 g/mol. The summed E-state index contributed by atoms with van der Waals surface area (Å²) < 4.78 is 18.1. The van der Waals surface area contributed by atoms with Crippen LogP contribution in [0.2, 0.25) is 0 Å². The van der Waals surface area contributed by atoms with E-state index in [2.05, 4.69) is 16.0 Å². The molecule has 9 nitrogen and oxygen atoms in total. The number of rotatable bonds is 2. The Balaban J connectivity index is 0.000000546. The third-order valence-electron chi connectivity index (χ3n) is 7.95. The molecular formula is C33H47FN4O5. The second-order valence-corrected chi connectivity index (χ2v) is 11.4. The number of aryl methyl sites for hydroxylation is 2. The number of aliphatic hydroxyl groups is 1. The van der Waals surface area contributed by atoms with Gasteiger partial charge in [-0.3, -0.25) is 14.4 Å². The number of ether oxygens (including phenoxy) is 1. The van der Waals surface area contributed by atoms with Gasteiger partial charge < -0.3 is 30.7 Å². The number of fused-ring (bicyclic) bond motifs is 1. The van der Waals surface area contributed by atoms with Crippen LogP contribution >= 0.6 is 0 Å². The van der Waals surface area contributed by atoms with Gasteiger partial charge in [-0.2, -0.15) is 0 Å². The van der Waals surface area contributed by atoms with Crippen LogP contribution in [0.3, 0.4) is 0 Å². The van der Waals surface area contributed by atoms with Gasteiger partial charge in [0.2, 0.25) is 17.7 Å². The molecule has 43 heavy (non-hydrogen) atoms. The molecule has 1 saturated carbocycles. The van der Waals surface area contributed by atoms with E-state index in [0.717, 1.165) is 61.8 Å². The van der Waals surface area contributed by atoms with Crippen LogP contribution in [0.25, 0.3) is 0 Å². The minimum Gasteiger partial charge on any atom is -0.492 e. The smallest absolute Gasteiger partial charge is 0.245 e. The number of hydrogen-bond acceptors (Lipinski definition) is 6. The van der Waals surface area contributed by atoms with Gasteiger partial charge in [-0.25, -0.2) is 4.39 Å². The largest absolute Gasteiger partial charge is 0.492 e. The SMILES string of the molecule is CC(O)C1C(=O)NCC(=O)NCCCc2ccccc2OCCNC(C2CCCCC2)C(=O)N1C.Cc1ccc(F)cc1. The predicted octanol–water partition coefficient (Wildman–Crippen LogP) is 3.12. The van der Waals surface area contributed by atoms with Crippen LogP contribution in [0.1, 0.15) is 56.6 Å². The first-order chi connectivity index (χ1) is 20.7. The molecule has 3 unspecified atom stereocenters. The van der Waals surface area contributed by atoms with Crippen LogP contribution in [0.4, 0.5) is 4.39 Å².